The molecule has 0 atom stereocenters. The number of rotatable bonds is 5. The summed E-state index contributed by atoms with van der Waals surface area (Å²) in [4.78, 5) is 23.9. The van der Waals surface area contributed by atoms with Crippen molar-refractivity contribution in [2.24, 2.45) is 0 Å². The first kappa shape index (κ1) is 19.7. The number of carboxylic acid groups (broad SMARTS) is 1. The number of hydrogen-bond donors (Lipinski definition) is 2. The van der Waals surface area contributed by atoms with Gasteiger partial charge in [0, 0.05) is 21.2 Å². The van der Waals surface area contributed by atoms with Crippen LogP contribution in [0.5, 0.6) is 0 Å². The van der Waals surface area contributed by atoms with E-state index in [0.29, 0.717) is 21.2 Å². The summed E-state index contributed by atoms with van der Waals surface area (Å²) in [5, 5.41) is 12.8. The highest BCUT2D eigenvalue weighted by Crippen LogP contribution is 2.31. The topological polar surface area (TPSA) is 66.4 Å². The monoisotopic (exact) mass is 411 g/mol. The van der Waals surface area contributed by atoms with Gasteiger partial charge in [0.15, 0.2) is 0 Å². The second-order valence-corrected chi connectivity index (χ2v) is 6.71. The molecule has 0 aromatic heterocycles. The van der Waals surface area contributed by atoms with Crippen LogP contribution >= 0.6 is 23.2 Å². The van der Waals surface area contributed by atoms with E-state index in [1.165, 1.54) is 6.08 Å². The lowest BCUT2D eigenvalue weighted by Crippen LogP contribution is -2.27. The smallest absolute Gasteiger partial charge is 0.352 e. The molecule has 1 amide bonds. The van der Waals surface area contributed by atoms with E-state index in [4.69, 9.17) is 23.2 Å². The highest BCUT2D eigenvalue weighted by atomic mass is 35.5. The zero-order chi connectivity index (χ0) is 20.1. The van der Waals surface area contributed by atoms with Crippen LogP contribution in [-0.4, -0.2) is 17.0 Å². The van der Waals surface area contributed by atoms with E-state index < -0.39 is 11.9 Å². The van der Waals surface area contributed by atoms with Gasteiger partial charge in [0.2, 0.25) is 0 Å². The molecule has 3 rings (SSSR count). The van der Waals surface area contributed by atoms with Crippen LogP contribution in [0.25, 0.3) is 17.2 Å². The first-order chi connectivity index (χ1) is 13.5. The summed E-state index contributed by atoms with van der Waals surface area (Å²) in [5.74, 6) is -1.80. The van der Waals surface area contributed by atoms with E-state index in [-0.39, 0.29) is 5.70 Å². The van der Waals surface area contributed by atoms with E-state index in [1.807, 2.05) is 18.2 Å². The maximum absolute atomic E-state index is 12.3. The molecule has 0 saturated carbocycles. The predicted octanol–water partition coefficient (Wildman–Crippen LogP) is 5.52. The Hall–Kier alpha value is -3.08. The molecular formula is C22H15Cl2NO3. The second kappa shape index (κ2) is 8.74. The third kappa shape index (κ3) is 4.60. The Bertz CT molecular complexity index is 1060. The first-order valence-corrected chi connectivity index (χ1v) is 9.07. The summed E-state index contributed by atoms with van der Waals surface area (Å²) in [7, 11) is 0. The highest BCUT2D eigenvalue weighted by molar-refractivity contribution is 6.34. The Balaban J connectivity index is 1.97. The molecule has 0 spiro atoms. The number of carbonyl (C=O) groups excluding carboxylic acids is 1. The lowest BCUT2D eigenvalue weighted by atomic mass is 10.0. The molecule has 28 heavy (non-hydrogen) atoms. The lowest BCUT2D eigenvalue weighted by molar-refractivity contribution is -0.132. The standard InChI is InChI=1S/C22H15Cl2NO3/c23-18-11-10-15(17-8-4-5-9-19(17)24)12-16(18)13-20(22(27)28)25-21(26)14-6-2-1-3-7-14/h1-13H,(H,25,26)(H,27,28). The minimum Gasteiger partial charge on any atom is -0.477 e. The van der Waals surface area contributed by atoms with Gasteiger partial charge in [-0.15, -0.1) is 0 Å². The molecule has 0 aliphatic carbocycles. The van der Waals surface area contributed by atoms with Gasteiger partial charge < -0.3 is 10.4 Å². The zero-order valence-corrected chi connectivity index (χ0v) is 16.0. The zero-order valence-electron chi connectivity index (χ0n) is 14.5. The van der Waals surface area contributed by atoms with Gasteiger partial charge >= 0.3 is 5.97 Å². The normalized spacial score (nSPS) is 11.1. The Morgan fingerprint density at radius 2 is 1.54 bits per heavy atom. The van der Waals surface area contributed by atoms with E-state index in [9.17, 15) is 14.7 Å². The van der Waals surface area contributed by atoms with Gasteiger partial charge in [0.25, 0.3) is 5.91 Å². The molecule has 0 fully saturated rings. The van der Waals surface area contributed by atoms with Crippen LogP contribution in [0.3, 0.4) is 0 Å². The van der Waals surface area contributed by atoms with E-state index in [2.05, 4.69) is 5.32 Å². The molecule has 0 bridgehead atoms. The van der Waals surface area contributed by atoms with Crippen LogP contribution in [0, 0.1) is 0 Å². The minimum atomic E-state index is -1.27. The van der Waals surface area contributed by atoms with Crippen molar-refractivity contribution in [3.63, 3.8) is 0 Å². The Morgan fingerprint density at radius 1 is 0.857 bits per heavy atom. The van der Waals surface area contributed by atoms with Crippen molar-refractivity contribution in [3.8, 4) is 11.1 Å². The van der Waals surface area contributed by atoms with Crippen molar-refractivity contribution in [2.75, 3.05) is 0 Å². The molecule has 2 N–H and O–H groups in total. The third-order valence-corrected chi connectivity index (χ3v) is 4.67. The quantitative estimate of drug-likeness (QED) is 0.543. The van der Waals surface area contributed by atoms with E-state index in [0.717, 1.165) is 11.1 Å². The van der Waals surface area contributed by atoms with Crippen LogP contribution in [0.1, 0.15) is 15.9 Å². The van der Waals surface area contributed by atoms with E-state index in [1.54, 1.807) is 54.6 Å². The molecule has 0 aliphatic heterocycles. The number of hydrogen-bond acceptors (Lipinski definition) is 2. The highest BCUT2D eigenvalue weighted by Gasteiger charge is 2.14. The van der Waals surface area contributed by atoms with Gasteiger partial charge in [-0.3, -0.25) is 4.79 Å². The SMILES string of the molecule is O=C(O)C(=Cc1cc(-c2ccccc2Cl)ccc1Cl)NC(=O)c1ccccc1. The molecule has 3 aromatic rings. The maximum atomic E-state index is 12.3. The number of amides is 1. The van der Waals surface area contributed by atoms with Gasteiger partial charge in [0.1, 0.15) is 5.70 Å². The molecule has 140 valence electrons. The van der Waals surface area contributed by atoms with Crippen molar-refractivity contribution >= 4 is 41.2 Å². The molecule has 0 unspecified atom stereocenters. The summed E-state index contributed by atoms with van der Waals surface area (Å²) in [5.41, 5.74) is 2.09. The van der Waals surface area contributed by atoms with Gasteiger partial charge in [-0.05, 0) is 47.5 Å². The fourth-order valence-corrected chi connectivity index (χ4v) is 3.02. The minimum absolute atomic E-state index is 0.285. The van der Waals surface area contributed by atoms with E-state index >= 15 is 0 Å². The lowest BCUT2D eigenvalue weighted by Gasteiger charge is -2.09. The molecule has 0 aliphatic rings. The van der Waals surface area contributed by atoms with Crippen molar-refractivity contribution < 1.29 is 14.7 Å². The first-order valence-electron chi connectivity index (χ1n) is 8.31. The average molecular weight is 412 g/mol. The molecule has 6 heteroatoms. The number of benzene rings is 3. The number of carbonyl (C=O) groups is 2. The number of halogens is 2. The van der Waals surface area contributed by atoms with Crippen LogP contribution in [0.4, 0.5) is 0 Å². The number of nitrogens with one attached hydrogen (secondary N) is 1. The van der Waals surface area contributed by atoms with Crippen LogP contribution in [-0.2, 0) is 4.79 Å². The average Bonchev–Trinajstić information content (AvgIpc) is 2.70. The summed E-state index contributed by atoms with van der Waals surface area (Å²) in [6, 6.07) is 20.8. The van der Waals surface area contributed by atoms with Crippen LogP contribution in [0.15, 0.2) is 78.5 Å². The largest absolute Gasteiger partial charge is 0.477 e. The molecule has 4 nitrogen and oxygen atoms in total. The Kier molecular flexibility index (Phi) is 6.14. The number of carboxylic acids is 1. The van der Waals surface area contributed by atoms with Gasteiger partial charge in [0.05, 0.1) is 0 Å². The van der Waals surface area contributed by atoms with Crippen LogP contribution in [0.2, 0.25) is 10.0 Å². The van der Waals surface area contributed by atoms with Gasteiger partial charge in [-0.25, -0.2) is 4.79 Å². The molecular weight excluding hydrogens is 397 g/mol. The van der Waals surface area contributed by atoms with Gasteiger partial charge in [-0.1, -0.05) is 65.7 Å². The maximum Gasteiger partial charge on any atom is 0.352 e. The van der Waals surface area contributed by atoms with Crippen molar-refractivity contribution in [1.29, 1.82) is 0 Å². The molecule has 0 saturated heterocycles. The molecule has 0 heterocycles. The summed E-state index contributed by atoms with van der Waals surface area (Å²) in [6.07, 6.45) is 1.33. The Labute approximate surface area is 172 Å². The van der Waals surface area contributed by atoms with Crippen LogP contribution < -0.4 is 5.32 Å². The van der Waals surface area contributed by atoms with Crippen molar-refractivity contribution in [1.82, 2.24) is 5.32 Å². The Morgan fingerprint density at radius 3 is 2.21 bits per heavy atom. The summed E-state index contributed by atoms with van der Waals surface area (Å²) in [6.45, 7) is 0. The number of aliphatic carboxylic acids is 1. The fraction of sp³-hybridized carbons (Fsp3) is 0. The predicted molar refractivity (Wildman–Crippen MR) is 111 cm³/mol. The second-order valence-electron chi connectivity index (χ2n) is 5.90. The summed E-state index contributed by atoms with van der Waals surface area (Å²) < 4.78 is 0. The fourth-order valence-electron chi connectivity index (χ4n) is 2.61. The van der Waals surface area contributed by atoms with Crippen molar-refractivity contribution in [2.45, 2.75) is 0 Å². The molecule has 0 radical (unpaired) electrons. The van der Waals surface area contributed by atoms with Gasteiger partial charge in [-0.2, -0.15) is 0 Å². The molecule has 3 aromatic carbocycles. The third-order valence-electron chi connectivity index (χ3n) is 4.00. The summed E-state index contributed by atoms with van der Waals surface area (Å²) >= 11 is 12.5. The van der Waals surface area contributed by atoms with Crippen molar-refractivity contribution in [3.05, 3.63) is 99.7 Å².